The molecule has 1 fully saturated rings. The first-order valence-corrected chi connectivity index (χ1v) is 9.42. The molecule has 1 aliphatic heterocycles. The lowest BCUT2D eigenvalue weighted by Gasteiger charge is -2.17. The van der Waals surface area contributed by atoms with Gasteiger partial charge < -0.3 is 19.1 Å². The molecule has 156 valence electrons. The smallest absolute Gasteiger partial charge is 0.324 e. The zero-order chi connectivity index (χ0) is 21.1. The topological polar surface area (TPSA) is 95.4 Å². The average molecular weight is 412 g/mol. The Labute approximate surface area is 172 Å². The normalized spacial score (nSPS) is 15.9. The highest BCUT2D eigenvalue weighted by molar-refractivity contribution is 5.37. The number of hydrogen-bond acceptors (Lipinski definition) is 9. The Kier molecular flexibility index (Phi) is 5.55. The summed E-state index contributed by atoms with van der Waals surface area (Å²) in [5, 5.41) is 0. The maximum absolute atomic E-state index is 13.1. The van der Waals surface area contributed by atoms with Crippen molar-refractivity contribution in [1.29, 1.82) is 0 Å². The van der Waals surface area contributed by atoms with Crippen LogP contribution in [0, 0.1) is 12.7 Å². The summed E-state index contributed by atoms with van der Waals surface area (Å²) in [5.41, 5.74) is 0.870. The van der Waals surface area contributed by atoms with Crippen molar-refractivity contribution in [2.45, 2.75) is 19.3 Å². The average Bonchev–Trinajstić information content (AvgIpc) is 3.25. The third kappa shape index (κ3) is 4.37. The van der Waals surface area contributed by atoms with Crippen molar-refractivity contribution < 1.29 is 18.6 Å². The molecule has 0 spiro atoms. The number of benzene rings is 1. The quantitative estimate of drug-likeness (QED) is 0.605. The molecule has 3 aromatic rings. The Balaban J connectivity index is 1.52. The van der Waals surface area contributed by atoms with Crippen molar-refractivity contribution in [1.82, 2.24) is 24.9 Å². The molecule has 9 nitrogen and oxygen atoms in total. The standard InChI is InChI=1S/C20H21FN6O3/c1-12-22-16(10-17(23-12)30-15-6-4-14(21)5-7-15)13-8-9-27(11-13)18-24-19(28-2)26-20(25-18)29-3/h4-7,10,13H,8-9,11H2,1-3H3. The first-order chi connectivity index (χ1) is 14.5. The van der Waals surface area contributed by atoms with Crippen LogP contribution in [0.4, 0.5) is 10.3 Å². The van der Waals surface area contributed by atoms with Gasteiger partial charge in [-0.15, -0.1) is 4.98 Å². The van der Waals surface area contributed by atoms with Crippen LogP contribution in [0.3, 0.4) is 0 Å². The molecular weight excluding hydrogens is 391 g/mol. The van der Waals surface area contributed by atoms with Crippen molar-refractivity contribution in [2.24, 2.45) is 0 Å². The first-order valence-electron chi connectivity index (χ1n) is 9.42. The highest BCUT2D eigenvalue weighted by atomic mass is 19.1. The highest BCUT2D eigenvalue weighted by Gasteiger charge is 2.28. The van der Waals surface area contributed by atoms with Crippen molar-refractivity contribution in [3.63, 3.8) is 0 Å². The van der Waals surface area contributed by atoms with Crippen molar-refractivity contribution in [3.05, 3.63) is 47.7 Å². The molecule has 0 radical (unpaired) electrons. The molecule has 3 heterocycles. The lowest BCUT2D eigenvalue weighted by atomic mass is 10.0. The van der Waals surface area contributed by atoms with Crippen molar-refractivity contribution in [2.75, 3.05) is 32.2 Å². The Bertz CT molecular complexity index is 1010. The number of ether oxygens (including phenoxy) is 3. The maximum Gasteiger partial charge on any atom is 0.324 e. The zero-order valence-corrected chi connectivity index (χ0v) is 16.9. The fourth-order valence-electron chi connectivity index (χ4n) is 3.28. The van der Waals surface area contributed by atoms with E-state index in [0.717, 1.165) is 18.7 Å². The van der Waals surface area contributed by atoms with Crippen LogP contribution in [-0.4, -0.2) is 52.2 Å². The van der Waals surface area contributed by atoms with Gasteiger partial charge in [-0.3, -0.25) is 0 Å². The monoisotopic (exact) mass is 412 g/mol. The minimum Gasteiger partial charge on any atom is -0.467 e. The molecule has 0 N–H and O–H groups in total. The summed E-state index contributed by atoms with van der Waals surface area (Å²) in [5.74, 6) is 1.86. The third-order valence-corrected chi connectivity index (χ3v) is 4.71. The Morgan fingerprint density at radius 3 is 2.33 bits per heavy atom. The number of aromatic nitrogens is 5. The number of halogens is 1. The summed E-state index contributed by atoms with van der Waals surface area (Å²) in [6.07, 6.45) is 0.864. The molecule has 1 aromatic carbocycles. The molecule has 0 aliphatic carbocycles. The SMILES string of the molecule is COc1nc(OC)nc(N2CCC(c3cc(Oc4ccc(F)cc4)nc(C)n3)C2)n1. The number of rotatable bonds is 6. The van der Waals surface area contributed by atoms with Crippen LogP contribution >= 0.6 is 0 Å². The molecule has 0 saturated carbocycles. The van der Waals surface area contributed by atoms with E-state index in [9.17, 15) is 4.39 Å². The van der Waals surface area contributed by atoms with Crippen LogP contribution in [-0.2, 0) is 0 Å². The van der Waals surface area contributed by atoms with Gasteiger partial charge in [-0.05, 0) is 37.6 Å². The van der Waals surface area contributed by atoms with Gasteiger partial charge in [-0.2, -0.15) is 15.0 Å². The molecular formula is C20H21FN6O3. The molecule has 1 unspecified atom stereocenters. The largest absolute Gasteiger partial charge is 0.467 e. The van der Waals surface area contributed by atoms with E-state index in [-0.39, 0.29) is 23.8 Å². The summed E-state index contributed by atoms with van der Waals surface area (Å²) >= 11 is 0. The molecule has 1 saturated heterocycles. The van der Waals surface area contributed by atoms with Gasteiger partial charge in [0.25, 0.3) is 0 Å². The number of nitrogens with zero attached hydrogens (tertiary/aromatic N) is 6. The van der Waals surface area contributed by atoms with E-state index >= 15 is 0 Å². The van der Waals surface area contributed by atoms with Gasteiger partial charge in [-0.1, -0.05) is 0 Å². The van der Waals surface area contributed by atoms with Crippen LogP contribution in [0.5, 0.6) is 23.7 Å². The second kappa shape index (κ2) is 8.44. The fourth-order valence-corrected chi connectivity index (χ4v) is 3.28. The third-order valence-electron chi connectivity index (χ3n) is 4.71. The lowest BCUT2D eigenvalue weighted by Crippen LogP contribution is -2.22. The molecule has 0 bridgehead atoms. The number of anilines is 1. The second-order valence-corrected chi connectivity index (χ2v) is 6.77. The van der Waals surface area contributed by atoms with Crippen molar-refractivity contribution in [3.8, 4) is 23.7 Å². The first kappa shape index (κ1) is 19.7. The van der Waals surface area contributed by atoms with Gasteiger partial charge in [0, 0.05) is 25.1 Å². The van der Waals surface area contributed by atoms with Gasteiger partial charge in [0.1, 0.15) is 17.4 Å². The summed E-state index contributed by atoms with van der Waals surface area (Å²) < 4.78 is 29.2. The van der Waals surface area contributed by atoms with E-state index in [0.29, 0.717) is 29.9 Å². The summed E-state index contributed by atoms with van der Waals surface area (Å²) in [4.78, 5) is 23.6. The Morgan fingerprint density at radius 1 is 0.967 bits per heavy atom. The predicted molar refractivity (Wildman–Crippen MR) is 106 cm³/mol. The maximum atomic E-state index is 13.1. The number of methoxy groups -OCH3 is 2. The van der Waals surface area contributed by atoms with E-state index in [2.05, 4.69) is 24.9 Å². The van der Waals surface area contributed by atoms with Gasteiger partial charge in [0.05, 0.1) is 19.9 Å². The van der Waals surface area contributed by atoms with E-state index in [4.69, 9.17) is 14.2 Å². The Hall–Kier alpha value is -3.56. The fraction of sp³-hybridized carbons (Fsp3) is 0.350. The van der Waals surface area contributed by atoms with Gasteiger partial charge in [-0.25, -0.2) is 9.37 Å². The molecule has 2 aromatic heterocycles. The van der Waals surface area contributed by atoms with Gasteiger partial charge in [0.15, 0.2) is 0 Å². The minimum absolute atomic E-state index is 0.149. The van der Waals surface area contributed by atoms with E-state index in [1.165, 1.54) is 26.4 Å². The van der Waals surface area contributed by atoms with Gasteiger partial charge in [0.2, 0.25) is 11.8 Å². The lowest BCUT2D eigenvalue weighted by molar-refractivity contribution is 0.340. The predicted octanol–water partition coefficient (Wildman–Crippen LogP) is 2.91. The molecule has 0 amide bonds. The van der Waals surface area contributed by atoms with Crippen LogP contribution in [0.1, 0.15) is 23.9 Å². The van der Waals surface area contributed by atoms with E-state index in [1.807, 2.05) is 17.9 Å². The molecule has 1 aliphatic rings. The van der Waals surface area contributed by atoms with Crippen molar-refractivity contribution >= 4 is 5.95 Å². The highest BCUT2D eigenvalue weighted by Crippen LogP contribution is 2.31. The molecule has 1 atom stereocenters. The van der Waals surface area contributed by atoms with Gasteiger partial charge >= 0.3 is 12.0 Å². The molecule has 30 heavy (non-hydrogen) atoms. The van der Waals surface area contributed by atoms with E-state index in [1.54, 1.807) is 12.1 Å². The van der Waals surface area contributed by atoms with Crippen LogP contribution < -0.4 is 19.1 Å². The second-order valence-electron chi connectivity index (χ2n) is 6.77. The van der Waals surface area contributed by atoms with Crippen LogP contribution in [0.25, 0.3) is 0 Å². The molecule has 4 rings (SSSR count). The van der Waals surface area contributed by atoms with Crippen LogP contribution in [0.2, 0.25) is 0 Å². The van der Waals surface area contributed by atoms with E-state index < -0.39 is 0 Å². The summed E-state index contributed by atoms with van der Waals surface area (Å²) in [6.45, 7) is 3.23. The molecule has 10 heteroatoms. The summed E-state index contributed by atoms with van der Waals surface area (Å²) in [7, 11) is 3.00. The summed E-state index contributed by atoms with van der Waals surface area (Å²) in [6, 6.07) is 8.03. The minimum atomic E-state index is -0.320. The zero-order valence-electron chi connectivity index (χ0n) is 16.9. The number of hydrogen-bond donors (Lipinski definition) is 0. The van der Waals surface area contributed by atoms with Crippen LogP contribution in [0.15, 0.2) is 30.3 Å². The number of aryl methyl sites for hydroxylation is 1. The Morgan fingerprint density at radius 2 is 1.67 bits per heavy atom.